The zero-order chi connectivity index (χ0) is 35.1. The highest BCUT2D eigenvalue weighted by Gasteiger charge is 2.65. The van der Waals surface area contributed by atoms with E-state index in [2.05, 4.69) is 17.0 Å². The summed E-state index contributed by atoms with van der Waals surface area (Å²) in [4.78, 5) is 49.6. The minimum atomic E-state index is -1.04. The van der Waals surface area contributed by atoms with Crippen LogP contribution >= 0.6 is 0 Å². The van der Waals surface area contributed by atoms with Crippen LogP contribution in [0.2, 0.25) is 0 Å². The lowest BCUT2D eigenvalue weighted by atomic mass is 9.97. The summed E-state index contributed by atoms with van der Waals surface area (Å²) >= 11 is 0. The first kappa shape index (κ1) is 36.6. The third kappa shape index (κ3) is 8.99. The minimum absolute atomic E-state index is 0.0732. The van der Waals surface area contributed by atoms with Crippen LogP contribution in [-0.4, -0.2) is 103 Å². The van der Waals surface area contributed by atoms with E-state index in [1.165, 1.54) is 11.0 Å². The fourth-order valence-corrected chi connectivity index (χ4v) is 6.37. The van der Waals surface area contributed by atoms with Gasteiger partial charge in [-0.25, -0.2) is 0 Å². The first-order valence-corrected chi connectivity index (χ1v) is 16.8. The molecule has 2 N–H and O–H groups in total. The van der Waals surface area contributed by atoms with Crippen LogP contribution in [0.5, 0.6) is 0 Å². The van der Waals surface area contributed by atoms with Crippen molar-refractivity contribution in [3.05, 3.63) is 108 Å². The number of carbonyl (C=O) groups excluding carboxylic acids is 3. The molecular formula is C40H53N5O3. The molecule has 1 fully saturated rings. The molecule has 48 heavy (non-hydrogen) atoms. The first-order chi connectivity index (χ1) is 22.7. The van der Waals surface area contributed by atoms with E-state index < -0.39 is 17.1 Å². The Bertz CT molecular complexity index is 1550. The molecule has 0 spiro atoms. The molecule has 1 aliphatic carbocycles. The Balaban J connectivity index is 1.66. The van der Waals surface area contributed by atoms with Gasteiger partial charge in [0.2, 0.25) is 17.7 Å². The van der Waals surface area contributed by atoms with Gasteiger partial charge in [0.05, 0.1) is 0 Å². The van der Waals surface area contributed by atoms with Crippen LogP contribution in [0.1, 0.15) is 50.2 Å². The standard InChI is InChI=1S/C40H53N5O3/c1-39(2,41)25-14-20-36(46)44(6)35(28-30-21-23-32(24-22-30)31-16-10-8-11-17-31)37(47)45(7)40(29-34(40)33-18-12-9-13-19-33)38(48)43(5)27-15-26-42(3)4/h8-14,16-24,34-35H,15,25-29,41H2,1-7H3/b20-14+/t34?,35-,40+/m1/s1. The number of amides is 3. The summed E-state index contributed by atoms with van der Waals surface area (Å²) in [5, 5.41) is 0. The van der Waals surface area contributed by atoms with Crippen molar-refractivity contribution in [2.24, 2.45) is 5.73 Å². The normalized spacial score (nSPS) is 18.1. The summed E-state index contributed by atoms with van der Waals surface area (Å²) in [6.07, 6.45) is 5.43. The summed E-state index contributed by atoms with van der Waals surface area (Å²) in [6, 6.07) is 27.3. The first-order valence-electron chi connectivity index (χ1n) is 16.8. The molecule has 0 heterocycles. The number of carbonyl (C=O) groups is 3. The van der Waals surface area contributed by atoms with Crippen molar-refractivity contribution in [3.8, 4) is 11.1 Å². The SMILES string of the molecule is CN(C)CCCN(C)C(=O)[C@]1(N(C)C(=O)[C@@H](Cc2ccc(-c3ccccc3)cc2)N(C)C(=O)/C=C/CC(C)(C)N)CC1c1ccccc1. The van der Waals surface area contributed by atoms with Gasteiger partial charge in [0.1, 0.15) is 11.6 Å². The van der Waals surface area contributed by atoms with Gasteiger partial charge in [0.15, 0.2) is 0 Å². The van der Waals surface area contributed by atoms with Gasteiger partial charge < -0.3 is 25.3 Å². The Kier molecular flexibility index (Phi) is 12.0. The monoisotopic (exact) mass is 651 g/mol. The summed E-state index contributed by atoms with van der Waals surface area (Å²) < 4.78 is 0. The van der Waals surface area contributed by atoms with Crippen LogP contribution < -0.4 is 5.73 Å². The molecule has 3 atom stereocenters. The highest BCUT2D eigenvalue weighted by atomic mass is 16.2. The number of likely N-dealkylation sites (N-methyl/N-ethyl adjacent to an activating group) is 3. The number of rotatable bonds is 15. The van der Waals surface area contributed by atoms with E-state index in [-0.39, 0.29) is 23.6 Å². The van der Waals surface area contributed by atoms with Crippen LogP contribution in [0, 0.1) is 0 Å². The van der Waals surface area contributed by atoms with Crippen LogP contribution in [0.3, 0.4) is 0 Å². The fraction of sp³-hybridized carbons (Fsp3) is 0.425. The van der Waals surface area contributed by atoms with Gasteiger partial charge >= 0.3 is 0 Å². The lowest BCUT2D eigenvalue weighted by Crippen LogP contribution is -2.57. The Morgan fingerprint density at radius 3 is 2.02 bits per heavy atom. The Hall–Kier alpha value is -4.27. The van der Waals surface area contributed by atoms with Crippen molar-refractivity contribution in [1.29, 1.82) is 0 Å². The second-order valence-electron chi connectivity index (χ2n) is 14.2. The Labute approximate surface area is 287 Å². The smallest absolute Gasteiger partial charge is 0.248 e. The molecule has 1 saturated carbocycles. The molecule has 3 aromatic rings. The molecule has 256 valence electrons. The lowest BCUT2D eigenvalue weighted by Gasteiger charge is -2.37. The maximum Gasteiger partial charge on any atom is 0.248 e. The summed E-state index contributed by atoms with van der Waals surface area (Å²) in [7, 11) is 9.25. The molecule has 0 aromatic heterocycles. The maximum absolute atomic E-state index is 14.7. The molecule has 3 aromatic carbocycles. The quantitative estimate of drug-likeness (QED) is 0.228. The maximum atomic E-state index is 14.7. The zero-order valence-corrected chi connectivity index (χ0v) is 29.7. The van der Waals surface area contributed by atoms with Gasteiger partial charge in [-0.1, -0.05) is 91.0 Å². The summed E-state index contributed by atoms with van der Waals surface area (Å²) in [5.74, 6) is -0.770. The second-order valence-corrected chi connectivity index (χ2v) is 14.2. The van der Waals surface area contributed by atoms with Crippen molar-refractivity contribution in [3.63, 3.8) is 0 Å². The lowest BCUT2D eigenvalue weighted by molar-refractivity contribution is -0.150. The molecule has 1 aliphatic rings. The van der Waals surface area contributed by atoms with Gasteiger partial charge in [-0.05, 0) is 82.1 Å². The highest BCUT2D eigenvalue weighted by Crippen LogP contribution is 2.56. The number of nitrogens with two attached hydrogens (primary N) is 1. The molecular weight excluding hydrogens is 598 g/mol. The van der Waals surface area contributed by atoms with E-state index in [4.69, 9.17) is 5.73 Å². The summed E-state index contributed by atoms with van der Waals surface area (Å²) in [5.41, 5.74) is 8.76. The zero-order valence-electron chi connectivity index (χ0n) is 29.7. The van der Waals surface area contributed by atoms with Crippen LogP contribution in [-0.2, 0) is 20.8 Å². The van der Waals surface area contributed by atoms with E-state index in [9.17, 15) is 14.4 Å². The Morgan fingerprint density at radius 2 is 1.44 bits per heavy atom. The minimum Gasteiger partial charge on any atom is -0.344 e. The predicted octanol–water partition coefficient (Wildman–Crippen LogP) is 5.20. The van der Waals surface area contributed by atoms with E-state index in [1.807, 2.05) is 108 Å². The van der Waals surface area contributed by atoms with Crippen molar-refractivity contribution < 1.29 is 14.4 Å². The van der Waals surface area contributed by atoms with Crippen LogP contribution in [0.25, 0.3) is 11.1 Å². The molecule has 1 unspecified atom stereocenters. The third-order valence-corrected chi connectivity index (χ3v) is 9.37. The molecule has 0 radical (unpaired) electrons. The number of hydrogen-bond acceptors (Lipinski definition) is 5. The highest BCUT2D eigenvalue weighted by molar-refractivity contribution is 5.99. The third-order valence-electron chi connectivity index (χ3n) is 9.37. The van der Waals surface area contributed by atoms with Gasteiger partial charge in [-0.2, -0.15) is 0 Å². The van der Waals surface area contributed by atoms with Crippen molar-refractivity contribution in [1.82, 2.24) is 19.6 Å². The Morgan fingerprint density at radius 1 is 0.854 bits per heavy atom. The molecule has 0 bridgehead atoms. The van der Waals surface area contributed by atoms with E-state index in [1.54, 1.807) is 30.0 Å². The average molecular weight is 652 g/mol. The van der Waals surface area contributed by atoms with Gasteiger partial charge in [-0.3, -0.25) is 14.4 Å². The largest absolute Gasteiger partial charge is 0.344 e. The molecule has 3 amide bonds. The number of benzene rings is 3. The fourth-order valence-electron chi connectivity index (χ4n) is 6.37. The van der Waals surface area contributed by atoms with E-state index in [0.717, 1.165) is 35.2 Å². The van der Waals surface area contributed by atoms with E-state index in [0.29, 0.717) is 25.8 Å². The van der Waals surface area contributed by atoms with Crippen molar-refractivity contribution in [2.45, 2.75) is 62.6 Å². The molecule has 8 nitrogen and oxygen atoms in total. The molecule has 4 rings (SSSR count). The van der Waals surface area contributed by atoms with Gasteiger partial charge in [-0.15, -0.1) is 0 Å². The second kappa shape index (κ2) is 15.8. The topological polar surface area (TPSA) is 90.2 Å². The average Bonchev–Trinajstić information content (AvgIpc) is 3.83. The summed E-state index contributed by atoms with van der Waals surface area (Å²) in [6.45, 7) is 5.24. The molecule has 8 heteroatoms. The number of hydrogen-bond donors (Lipinski definition) is 1. The molecule has 0 aliphatic heterocycles. The van der Waals surface area contributed by atoms with Crippen LogP contribution in [0.15, 0.2) is 97.1 Å². The molecule has 0 saturated heterocycles. The van der Waals surface area contributed by atoms with Gasteiger partial charge in [0, 0.05) is 45.6 Å². The predicted molar refractivity (Wildman–Crippen MR) is 194 cm³/mol. The van der Waals surface area contributed by atoms with Crippen molar-refractivity contribution in [2.75, 3.05) is 48.3 Å². The number of nitrogens with zero attached hydrogens (tertiary/aromatic N) is 4. The van der Waals surface area contributed by atoms with Crippen molar-refractivity contribution >= 4 is 17.7 Å². The van der Waals surface area contributed by atoms with E-state index >= 15 is 0 Å². The van der Waals surface area contributed by atoms with Crippen LogP contribution in [0.4, 0.5) is 0 Å². The van der Waals surface area contributed by atoms with Gasteiger partial charge in [0.25, 0.3) is 0 Å².